The molecule has 0 saturated carbocycles. The van der Waals surface area contributed by atoms with Crippen molar-refractivity contribution in [3.05, 3.63) is 69.3 Å². The number of nitrogens with one attached hydrogen (secondary N) is 1. The van der Waals surface area contributed by atoms with Gasteiger partial charge in [-0.25, -0.2) is 4.39 Å². The van der Waals surface area contributed by atoms with E-state index in [2.05, 4.69) is 5.32 Å². The van der Waals surface area contributed by atoms with Crippen LogP contribution in [0, 0.1) is 28.7 Å². The Balaban J connectivity index is 2.28. The number of carbonyl (C=O) groups excluding carboxylic acids is 1. The molecule has 0 bridgehead atoms. The van der Waals surface area contributed by atoms with Crippen LogP contribution in [0.25, 0.3) is 0 Å². The zero-order valence-corrected chi connectivity index (χ0v) is 10.9. The van der Waals surface area contributed by atoms with Crippen LogP contribution in [0.4, 0.5) is 20.2 Å². The highest BCUT2D eigenvalue weighted by atomic mass is 19.1. The first-order chi connectivity index (χ1) is 9.88. The zero-order valence-electron chi connectivity index (χ0n) is 10.9. The summed E-state index contributed by atoms with van der Waals surface area (Å²) in [6.07, 6.45) is 0. The van der Waals surface area contributed by atoms with Gasteiger partial charge in [-0.15, -0.1) is 0 Å². The molecule has 0 aliphatic heterocycles. The van der Waals surface area contributed by atoms with E-state index >= 15 is 0 Å². The summed E-state index contributed by atoms with van der Waals surface area (Å²) in [6.45, 7) is 1.69. The molecule has 21 heavy (non-hydrogen) atoms. The second-order valence-corrected chi connectivity index (χ2v) is 4.36. The molecular formula is C14H10F2N2O3. The van der Waals surface area contributed by atoms with Crippen molar-refractivity contribution in [3.63, 3.8) is 0 Å². The molecule has 2 aromatic rings. The summed E-state index contributed by atoms with van der Waals surface area (Å²) in [5, 5.41) is 12.9. The summed E-state index contributed by atoms with van der Waals surface area (Å²) >= 11 is 0. The normalized spacial score (nSPS) is 10.2. The van der Waals surface area contributed by atoms with E-state index in [4.69, 9.17) is 0 Å². The molecule has 0 radical (unpaired) electrons. The van der Waals surface area contributed by atoms with Crippen molar-refractivity contribution in [2.75, 3.05) is 5.32 Å². The molecule has 0 atom stereocenters. The Morgan fingerprint density at radius 2 is 1.86 bits per heavy atom. The number of halogens is 2. The first-order valence-electron chi connectivity index (χ1n) is 5.90. The van der Waals surface area contributed by atoms with Gasteiger partial charge >= 0.3 is 5.69 Å². The van der Waals surface area contributed by atoms with Gasteiger partial charge in [-0.1, -0.05) is 6.07 Å². The number of nitro benzene ring substituents is 1. The maximum Gasteiger partial charge on any atom is 0.305 e. The second kappa shape index (κ2) is 5.66. The minimum atomic E-state index is -1.04. The summed E-state index contributed by atoms with van der Waals surface area (Å²) in [5.74, 6) is -2.43. The largest absolute Gasteiger partial charge is 0.319 e. The maximum absolute atomic E-state index is 13.6. The van der Waals surface area contributed by atoms with E-state index in [1.165, 1.54) is 12.1 Å². The van der Waals surface area contributed by atoms with Gasteiger partial charge in [0.25, 0.3) is 5.91 Å². The Morgan fingerprint density at radius 1 is 1.14 bits per heavy atom. The lowest BCUT2D eigenvalue weighted by molar-refractivity contribution is -0.387. The van der Waals surface area contributed by atoms with Crippen LogP contribution in [0.2, 0.25) is 0 Å². The Kier molecular flexibility index (Phi) is 3.93. The molecule has 2 rings (SSSR count). The number of carbonyl (C=O) groups is 1. The molecule has 0 heterocycles. The SMILES string of the molecule is Cc1ccc(NC(=O)c2ccc(F)c([N+](=O)[O-])c2)c(F)c1. The van der Waals surface area contributed by atoms with Crippen molar-refractivity contribution >= 4 is 17.3 Å². The van der Waals surface area contributed by atoms with Crippen LogP contribution in [0.5, 0.6) is 0 Å². The molecule has 0 aliphatic carbocycles. The topological polar surface area (TPSA) is 72.2 Å². The molecule has 1 amide bonds. The van der Waals surface area contributed by atoms with Gasteiger partial charge in [0.15, 0.2) is 0 Å². The molecule has 0 unspecified atom stereocenters. The Bertz CT molecular complexity index is 732. The van der Waals surface area contributed by atoms with Crippen molar-refractivity contribution in [1.82, 2.24) is 0 Å². The van der Waals surface area contributed by atoms with Gasteiger partial charge in [-0.2, -0.15) is 4.39 Å². The number of nitro groups is 1. The molecule has 0 aliphatic rings. The number of aryl methyl sites for hydroxylation is 1. The molecule has 0 aromatic heterocycles. The third-order valence-electron chi connectivity index (χ3n) is 2.78. The van der Waals surface area contributed by atoms with Crippen LogP contribution >= 0.6 is 0 Å². The first kappa shape index (κ1) is 14.6. The van der Waals surface area contributed by atoms with Crippen LogP contribution in [0.3, 0.4) is 0 Å². The quantitative estimate of drug-likeness (QED) is 0.695. The number of hydrogen-bond donors (Lipinski definition) is 1. The Labute approximate surface area is 118 Å². The van der Waals surface area contributed by atoms with Crippen LogP contribution in [-0.2, 0) is 0 Å². The van der Waals surface area contributed by atoms with Gasteiger partial charge in [0.05, 0.1) is 10.6 Å². The molecule has 0 fully saturated rings. The molecule has 1 N–H and O–H groups in total. The molecule has 0 saturated heterocycles. The summed E-state index contributed by atoms with van der Waals surface area (Å²) in [5.41, 5.74) is -0.324. The van der Waals surface area contributed by atoms with Gasteiger partial charge < -0.3 is 5.32 Å². The summed E-state index contributed by atoms with van der Waals surface area (Å²) < 4.78 is 26.8. The van der Waals surface area contributed by atoms with Gasteiger partial charge in [0, 0.05) is 11.6 Å². The number of hydrogen-bond acceptors (Lipinski definition) is 3. The number of nitrogens with zero attached hydrogens (tertiary/aromatic N) is 1. The highest BCUT2D eigenvalue weighted by Gasteiger charge is 2.18. The van der Waals surface area contributed by atoms with Gasteiger partial charge in [0.2, 0.25) is 5.82 Å². The van der Waals surface area contributed by atoms with Crippen molar-refractivity contribution in [1.29, 1.82) is 0 Å². The number of benzene rings is 2. The van der Waals surface area contributed by atoms with E-state index in [1.807, 2.05) is 0 Å². The van der Waals surface area contributed by atoms with Crippen molar-refractivity contribution < 1.29 is 18.5 Å². The Morgan fingerprint density at radius 3 is 2.48 bits per heavy atom. The van der Waals surface area contributed by atoms with Crippen LogP contribution in [0.1, 0.15) is 15.9 Å². The predicted molar refractivity (Wildman–Crippen MR) is 72.1 cm³/mol. The first-order valence-corrected chi connectivity index (χ1v) is 5.90. The molecule has 5 nitrogen and oxygen atoms in total. The molecule has 7 heteroatoms. The fraction of sp³-hybridized carbons (Fsp3) is 0.0714. The van der Waals surface area contributed by atoms with Gasteiger partial charge in [-0.3, -0.25) is 14.9 Å². The third-order valence-corrected chi connectivity index (χ3v) is 2.78. The fourth-order valence-electron chi connectivity index (χ4n) is 1.71. The molecular weight excluding hydrogens is 282 g/mol. The van der Waals surface area contributed by atoms with Gasteiger partial charge in [-0.05, 0) is 36.8 Å². The van der Waals surface area contributed by atoms with E-state index in [0.717, 1.165) is 18.2 Å². The smallest absolute Gasteiger partial charge is 0.305 e. The summed E-state index contributed by atoms with van der Waals surface area (Å²) in [4.78, 5) is 21.6. The average Bonchev–Trinajstić information content (AvgIpc) is 2.42. The van der Waals surface area contributed by atoms with Crippen molar-refractivity contribution in [2.45, 2.75) is 6.92 Å². The monoisotopic (exact) mass is 292 g/mol. The lowest BCUT2D eigenvalue weighted by Gasteiger charge is -2.07. The van der Waals surface area contributed by atoms with Crippen LogP contribution < -0.4 is 5.32 Å². The minimum absolute atomic E-state index is 0.0578. The third kappa shape index (κ3) is 3.19. The minimum Gasteiger partial charge on any atom is -0.319 e. The molecule has 108 valence electrons. The summed E-state index contributed by atoms with van der Waals surface area (Å²) in [7, 11) is 0. The molecule has 0 spiro atoms. The summed E-state index contributed by atoms with van der Waals surface area (Å²) in [6, 6.07) is 6.92. The van der Waals surface area contributed by atoms with E-state index in [9.17, 15) is 23.7 Å². The van der Waals surface area contributed by atoms with Crippen molar-refractivity contribution in [3.8, 4) is 0 Å². The van der Waals surface area contributed by atoms with E-state index < -0.39 is 28.2 Å². The van der Waals surface area contributed by atoms with Crippen LogP contribution in [0.15, 0.2) is 36.4 Å². The van der Waals surface area contributed by atoms with E-state index in [0.29, 0.717) is 5.56 Å². The van der Waals surface area contributed by atoms with Crippen LogP contribution in [-0.4, -0.2) is 10.8 Å². The Hall–Kier alpha value is -2.83. The lowest BCUT2D eigenvalue weighted by Crippen LogP contribution is -2.13. The number of anilines is 1. The number of amides is 1. The lowest BCUT2D eigenvalue weighted by atomic mass is 10.1. The highest BCUT2D eigenvalue weighted by Crippen LogP contribution is 2.20. The maximum atomic E-state index is 13.6. The van der Waals surface area contributed by atoms with Gasteiger partial charge in [0.1, 0.15) is 5.82 Å². The fourth-order valence-corrected chi connectivity index (χ4v) is 1.71. The number of rotatable bonds is 3. The highest BCUT2D eigenvalue weighted by molar-refractivity contribution is 6.04. The standard InChI is InChI=1S/C14H10F2N2O3/c1-8-2-5-12(11(16)6-8)17-14(19)9-3-4-10(15)13(7-9)18(20)21/h2-7H,1H3,(H,17,19). The predicted octanol–water partition coefficient (Wildman–Crippen LogP) is 3.43. The molecule has 2 aromatic carbocycles. The zero-order chi connectivity index (χ0) is 15.6. The van der Waals surface area contributed by atoms with E-state index in [-0.39, 0.29) is 11.3 Å². The van der Waals surface area contributed by atoms with Crippen molar-refractivity contribution in [2.24, 2.45) is 0 Å². The van der Waals surface area contributed by atoms with E-state index in [1.54, 1.807) is 13.0 Å². The average molecular weight is 292 g/mol. The second-order valence-electron chi connectivity index (χ2n) is 4.36.